The van der Waals surface area contributed by atoms with Crippen LogP contribution < -0.4 is 15.8 Å². The fraction of sp³-hybridized carbons (Fsp3) is 0.0625. The number of fused-ring (bicyclic) bond motifs is 1. The van der Waals surface area contributed by atoms with Crippen molar-refractivity contribution in [3.05, 3.63) is 54.6 Å². The third-order valence-corrected chi connectivity index (χ3v) is 3.29. The second kappa shape index (κ2) is 5.28. The highest BCUT2D eigenvalue weighted by atomic mass is 19.1. The van der Waals surface area contributed by atoms with E-state index in [-0.39, 0.29) is 5.82 Å². The molecule has 0 bridgehead atoms. The van der Waals surface area contributed by atoms with Gasteiger partial charge in [0.1, 0.15) is 11.6 Å². The first kappa shape index (κ1) is 13.2. The smallest absolute Gasteiger partial charge is 0.145 e. The number of ether oxygens (including phenoxy) is 1. The van der Waals surface area contributed by atoms with Gasteiger partial charge in [0.2, 0.25) is 0 Å². The molecule has 1 heterocycles. The number of pyridine rings is 1. The van der Waals surface area contributed by atoms with E-state index in [1.165, 1.54) is 19.2 Å². The summed E-state index contributed by atoms with van der Waals surface area (Å²) >= 11 is 0. The molecule has 106 valence electrons. The molecule has 0 unspecified atom stereocenters. The second-order valence-electron chi connectivity index (χ2n) is 4.59. The Morgan fingerprint density at radius 3 is 2.76 bits per heavy atom. The zero-order chi connectivity index (χ0) is 14.8. The number of nitrogens with zero attached hydrogens (tertiary/aromatic N) is 1. The summed E-state index contributed by atoms with van der Waals surface area (Å²) in [4.78, 5) is 4.07. The van der Waals surface area contributed by atoms with E-state index in [1.807, 2.05) is 18.2 Å². The molecule has 3 N–H and O–H groups in total. The first-order valence-corrected chi connectivity index (χ1v) is 6.42. The number of benzene rings is 2. The van der Waals surface area contributed by atoms with Crippen LogP contribution in [0.3, 0.4) is 0 Å². The fourth-order valence-corrected chi connectivity index (χ4v) is 2.22. The molecule has 21 heavy (non-hydrogen) atoms. The molecular weight excluding hydrogens is 269 g/mol. The van der Waals surface area contributed by atoms with Crippen molar-refractivity contribution in [3.63, 3.8) is 0 Å². The topological polar surface area (TPSA) is 60.2 Å². The summed E-state index contributed by atoms with van der Waals surface area (Å²) in [6, 6.07) is 9.96. The highest BCUT2D eigenvalue weighted by Gasteiger charge is 2.08. The summed E-state index contributed by atoms with van der Waals surface area (Å²) in [6.45, 7) is 0. The van der Waals surface area contributed by atoms with Crippen molar-refractivity contribution in [2.45, 2.75) is 0 Å². The Hall–Kier alpha value is -2.82. The lowest BCUT2D eigenvalue weighted by molar-refractivity contribution is 0.413. The van der Waals surface area contributed by atoms with Crippen LogP contribution in [-0.2, 0) is 0 Å². The van der Waals surface area contributed by atoms with Gasteiger partial charge in [-0.3, -0.25) is 4.98 Å². The lowest BCUT2D eigenvalue weighted by Crippen LogP contribution is -1.99. The normalized spacial score (nSPS) is 10.6. The molecule has 0 spiro atoms. The molecule has 4 nitrogen and oxygen atoms in total. The predicted octanol–water partition coefficient (Wildman–Crippen LogP) is 3.71. The molecule has 3 rings (SSSR count). The van der Waals surface area contributed by atoms with Crippen LogP contribution in [0.4, 0.5) is 21.5 Å². The molecule has 2 aromatic carbocycles. The maximum Gasteiger partial charge on any atom is 0.145 e. The lowest BCUT2D eigenvalue weighted by atomic mass is 10.1. The van der Waals surface area contributed by atoms with Gasteiger partial charge >= 0.3 is 0 Å². The molecule has 0 radical (unpaired) electrons. The van der Waals surface area contributed by atoms with Crippen molar-refractivity contribution >= 4 is 27.8 Å². The van der Waals surface area contributed by atoms with Crippen molar-refractivity contribution < 1.29 is 9.13 Å². The fourth-order valence-electron chi connectivity index (χ4n) is 2.22. The van der Waals surface area contributed by atoms with E-state index in [0.29, 0.717) is 17.1 Å². The van der Waals surface area contributed by atoms with E-state index in [1.54, 1.807) is 18.5 Å². The minimum atomic E-state index is -0.352. The van der Waals surface area contributed by atoms with Crippen LogP contribution in [0, 0.1) is 5.82 Å². The van der Waals surface area contributed by atoms with Gasteiger partial charge in [-0.05, 0) is 24.3 Å². The Kier molecular flexibility index (Phi) is 3.31. The predicted molar refractivity (Wildman–Crippen MR) is 82.4 cm³/mol. The Morgan fingerprint density at radius 1 is 1.14 bits per heavy atom. The van der Waals surface area contributed by atoms with Crippen molar-refractivity contribution in [2.75, 3.05) is 18.2 Å². The number of methoxy groups -OCH3 is 1. The summed E-state index contributed by atoms with van der Waals surface area (Å²) in [5.74, 6) is 0.0687. The molecule has 0 amide bonds. The Bertz CT molecular complexity index is 805. The first-order chi connectivity index (χ1) is 10.2. The molecule has 0 saturated carbocycles. The number of aromatic nitrogens is 1. The maximum absolute atomic E-state index is 13.2. The molecular formula is C16H14FN3O. The van der Waals surface area contributed by atoms with E-state index < -0.39 is 0 Å². The number of halogens is 1. The average molecular weight is 283 g/mol. The van der Waals surface area contributed by atoms with Crippen LogP contribution in [0.15, 0.2) is 48.8 Å². The van der Waals surface area contributed by atoms with Crippen molar-refractivity contribution in [3.8, 4) is 5.75 Å². The number of nitrogens with one attached hydrogen (secondary N) is 1. The van der Waals surface area contributed by atoms with Crippen LogP contribution >= 0.6 is 0 Å². The van der Waals surface area contributed by atoms with Crippen LogP contribution in [-0.4, -0.2) is 12.1 Å². The third-order valence-electron chi connectivity index (χ3n) is 3.29. The van der Waals surface area contributed by atoms with Gasteiger partial charge in [-0.25, -0.2) is 4.39 Å². The number of hydrogen-bond acceptors (Lipinski definition) is 4. The van der Waals surface area contributed by atoms with Crippen molar-refractivity contribution in [2.24, 2.45) is 0 Å². The highest BCUT2D eigenvalue weighted by Crippen LogP contribution is 2.34. The second-order valence-corrected chi connectivity index (χ2v) is 4.59. The largest absolute Gasteiger partial charge is 0.494 e. The van der Waals surface area contributed by atoms with Crippen molar-refractivity contribution in [1.82, 2.24) is 4.98 Å². The molecule has 0 atom stereocenters. The van der Waals surface area contributed by atoms with Crippen LogP contribution in [0.25, 0.3) is 10.8 Å². The standard InChI is InChI=1S/C16H14FN3O/c1-21-15-8-11(17)3-5-13(15)20-14-4-2-10-9-19-7-6-12(10)16(14)18/h2-9,20H,18H2,1H3. The quantitative estimate of drug-likeness (QED) is 0.719. The summed E-state index contributed by atoms with van der Waals surface area (Å²) in [5, 5.41) is 5.05. The van der Waals surface area contributed by atoms with Gasteiger partial charge in [-0.1, -0.05) is 6.07 Å². The van der Waals surface area contributed by atoms with Gasteiger partial charge < -0.3 is 15.8 Å². The van der Waals surface area contributed by atoms with Crippen LogP contribution in [0.5, 0.6) is 5.75 Å². The molecule has 3 aromatic rings. The SMILES string of the molecule is COc1cc(F)ccc1Nc1ccc2cnccc2c1N. The summed E-state index contributed by atoms with van der Waals surface area (Å²) in [6.07, 6.45) is 3.45. The number of nitrogens with two attached hydrogens (primary N) is 1. The van der Waals surface area contributed by atoms with E-state index in [2.05, 4.69) is 10.3 Å². The Balaban J connectivity index is 2.04. The third kappa shape index (κ3) is 2.45. The summed E-state index contributed by atoms with van der Waals surface area (Å²) in [5.41, 5.74) is 8.18. The Morgan fingerprint density at radius 2 is 1.95 bits per heavy atom. The molecule has 0 saturated heterocycles. The molecule has 1 aromatic heterocycles. The first-order valence-electron chi connectivity index (χ1n) is 6.42. The van der Waals surface area contributed by atoms with Gasteiger partial charge in [0, 0.05) is 29.2 Å². The van der Waals surface area contributed by atoms with E-state index >= 15 is 0 Å². The Labute approximate surface area is 121 Å². The number of rotatable bonds is 3. The molecule has 5 heteroatoms. The van der Waals surface area contributed by atoms with Gasteiger partial charge in [0.05, 0.1) is 24.2 Å². The molecule has 0 aliphatic carbocycles. The number of hydrogen-bond donors (Lipinski definition) is 2. The van der Waals surface area contributed by atoms with E-state index in [4.69, 9.17) is 10.5 Å². The molecule has 0 fully saturated rings. The van der Waals surface area contributed by atoms with Gasteiger partial charge in [-0.15, -0.1) is 0 Å². The lowest BCUT2D eigenvalue weighted by Gasteiger charge is -2.14. The summed E-state index contributed by atoms with van der Waals surface area (Å²) < 4.78 is 18.4. The molecule has 0 aliphatic heterocycles. The monoisotopic (exact) mass is 283 g/mol. The number of anilines is 3. The summed E-state index contributed by atoms with van der Waals surface area (Å²) in [7, 11) is 1.50. The van der Waals surface area contributed by atoms with E-state index in [0.717, 1.165) is 16.5 Å². The van der Waals surface area contributed by atoms with Crippen LogP contribution in [0.1, 0.15) is 0 Å². The van der Waals surface area contributed by atoms with Gasteiger partial charge in [-0.2, -0.15) is 0 Å². The number of nitrogen functional groups attached to an aromatic ring is 1. The minimum absolute atomic E-state index is 0.352. The minimum Gasteiger partial charge on any atom is -0.494 e. The van der Waals surface area contributed by atoms with Crippen molar-refractivity contribution in [1.29, 1.82) is 0 Å². The highest BCUT2D eigenvalue weighted by molar-refractivity contribution is 5.99. The molecule has 0 aliphatic rings. The van der Waals surface area contributed by atoms with Crippen LogP contribution in [0.2, 0.25) is 0 Å². The zero-order valence-corrected chi connectivity index (χ0v) is 11.4. The van der Waals surface area contributed by atoms with Gasteiger partial charge in [0.25, 0.3) is 0 Å². The van der Waals surface area contributed by atoms with E-state index in [9.17, 15) is 4.39 Å². The zero-order valence-electron chi connectivity index (χ0n) is 11.4. The average Bonchev–Trinajstić information content (AvgIpc) is 2.51. The van der Waals surface area contributed by atoms with Gasteiger partial charge in [0.15, 0.2) is 0 Å². The maximum atomic E-state index is 13.2.